The van der Waals surface area contributed by atoms with Gasteiger partial charge in [0.1, 0.15) is 5.60 Å². The first-order valence-corrected chi connectivity index (χ1v) is 7.35. The Hall–Kier alpha value is -2.08. The van der Waals surface area contributed by atoms with E-state index in [0.717, 1.165) is 11.1 Å². The van der Waals surface area contributed by atoms with E-state index in [4.69, 9.17) is 10.5 Å². The molecule has 0 spiro atoms. The van der Waals surface area contributed by atoms with Crippen molar-refractivity contribution in [3.63, 3.8) is 0 Å². The number of fused-ring (bicyclic) bond motifs is 1. The Morgan fingerprint density at radius 2 is 2.09 bits per heavy atom. The van der Waals surface area contributed by atoms with Crippen molar-refractivity contribution in [2.75, 3.05) is 13.1 Å². The molecule has 120 valence electrons. The number of carbonyl (C=O) groups excluding carboxylic acids is 1. The number of aromatic nitrogens is 2. The quantitative estimate of drug-likeness (QED) is 0.906. The molecule has 2 heterocycles. The fourth-order valence-corrected chi connectivity index (χ4v) is 2.26. The Labute approximate surface area is 130 Å². The molecule has 2 aromatic rings. The van der Waals surface area contributed by atoms with Crippen LogP contribution in [0.5, 0.6) is 0 Å². The molecular formula is C16H24N4O2. The van der Waals surface area contributed by atoms with Crippen LogP contribution in [0.1, 0.15) is 33.3 Å². The molecule has 0 aliphatic heterocycles. The molecule has 3 N–H and O–H groups in total. The number of hydrogen-bond acceptors (Lipinski definition) is 4. The summed E-state index contributed by atoms with van der Waals surface area (Å²) in [6, 6.07) is 5.87. The zero-order valence-corrected chi connectivity index (χ0v) is 13.6. The fourth-order valence-electron chi connectivity index (χ4n) is 2.26. The zero-order valence-electron chi connectivity index (χ0n) is 13.6. The van der Waals surface area contributed by atoms with Crippen LogP contribution in [0.3, 0.4) is 0 Å². The largest absolute Gasteiger partial charge is 0.444 e. The van der Waals surface area contributed by atoms with Gasteiger partial charge in [0.05, 0.1) is 11.7 Å². The van der Waals surface area contributed by atoms with Crippen molar-refractivity contribution in [2.24, 2.45) is 5.73 Å². The summed E-state index contributed by atoms with van der Waals surface area (Å²) in [5, 5.41) is 7.14. The molecule has 6 nitrogen and oxygen atoms in total. The predicted octanol–water partition coefficient (Wildman–Crippen LogP) is 2.08. The van der Waals surface area contributed by atoms with Gasteiger partial charge in [0, 0.05) is 30.3 Å². The lowest BCUT2D eigenvalue weighted by Crippen LogP contribution is -2.45. The molecule has 0 fully saturated rings. The number of alkyl carbamates (subject to hydrolysis) is 1. The van der Waals surface area contributed by atoms with Crippen LogP contribution < -0.4 is 11.1 Å². The summed E-state index contributed by atoms with van der Waals surface area (Å²) in [5.41, 5.74) is 7.03. The van der Waals surface area contributed by atoms with Gasteiger partial charge in [0.15, 0.2) is 0 Å². The second-order valence-electron chi connectivity index (χ2n) is 6.71. The zero-order chi connectivity index (χ0) is 16.4. The molecule has 6 heteroatoms. The summed E-state index contributed by atoms with van der Waals surface area (Å²) < 4.78 is 7.07. The van der Waals surface area contributed by atoms with Crippen LogP contribution in [0.25, 0.3) is 5.52 Å². The van der Waals surface area contributed by atoms with Crippen molar-refractivity contribution in [3.05, 3.63) is 36.2 Å². The average molecular weight is 304 g/mol. The first-order chi connectivity index (χ1) is 10.2. The molecule has 22 heavy (non-hydrogen) atoms. The highest BCUT2D eigenvalue weighted by Gasteiger charge is 2.30. The van der Waals surface area contributed by atoms with Crippen LogP contribution in [-0.2, 0) is 10.2 Å². The monoisotopic (exact) mass is 304 g/mol. The Bertz CT molecular complexity index is 659. The lowest BCUT2D eigenvalue weighted by molar-refractivity contribution is 0.0516. The number of rotatable bonds is 4. The first kappa shape index (κ1) is 16.3. The van der Waals surface area contributed by atoms with E-state index in [1.165, 1.54) is 0 Å². The molecule has 0 saturated heterocycles. The Morgan fingerprint density at radius 3 is 2.73 bits per heavy atom. The van der Waals surface area contributed by atoms with Gasteiger partial charge in [-0.25, -0.2) is 9.31 Å². The maximum Gasteiger partial charge on any atom is 0.407 e. The maximum atomic E-state index is 11.9. The van der Waals surface area contributed by atoms with Gasteiger partial charge in [-0.1, -0.05) is 13.0 Å². The molecule has 2 rings (SSSR count). The minimum Gasteiger partial charge on any atom is -0.444 e. The molecular weight excluding hydrogens is 280 g/mol. The maximum absolute atomic E-state index is 11.9. The summed E-state index contributed by atoms with van der Waals surface area (Å²) >= 11 is 0. The number of nitrogens with one attached hydrogen (secondary N) is 1. The smallest absolute Gasteiger partial charge is 0.407 e. The van der Waals surface area contributed by atoms with Crippen molar-refractivity contribution >= 4 is 11.6 Å². The van der Waals surface area contributed by atoms with E-state index in [0.29, 0.717) is 13.1 Å². The van der Waals surface area contributed by atoms with E-state index in [1.807, 2.05) is 52.1 Å². The van der Waals surface area contributed by atoms with Crippen molar-refractivity contribution in [3.8, 4) is 0 Å². The second kappa shape index (κ2) is 5.96. The normalized spacial score (nSPS) is 14.6. The molecule has 0 aliphatic carbocycles. The van der Waals surface area contributed by atoms with Crippen LogP contribution >= 0.6 is 0 Å². The number of carbonyl (C=O) groups is 1. The molecule has 0 saturated carbocycles. The number of nitrogens with zero attached hydrogens (tertiary/aromatic N) is 2. The average Bonchev–Trinajstić information content (AvgIpc) is 2.87. The number of ether oxygens (including phenoxy) is 1. The van der Waals surface area contributed by atoms with Gasteiger partial charge in [-0.2, -0.15) is 5.10 Å². The number of pyridine rings is 1. The van der Waals surface area contributed by atoms with Gasteiger partial charge in [-0.3, -0.25) is 0 Å². The van der Waals surface area contributed by atoms with Crippen molar-refractivity contribution in [1.82, 2.24) is 14.9 Å². The highest BCUT2D eigenvalue weighted by atomic mass is 16.6. The van der Waals surface area contributed by atoms with E-state index in [1.54, 1.807) is 10.7 Å². The standard InChI is InChI=1S/C16H24N4O2/c1-15(2,3)22-14(21)18-11-16(4,10-17)12-9-19-20-8-6-5-7-13(12)20/h5-9H,10-11,17H2,1-4H3,(H,18,21). The van der Waals surface area contributed by atoms with Crippen LogP contribution in [0.4, 0.5) is 4.79 Å². The van der Waals surface area contributed by atoms with Crippen molar-refractivity contribution < 1.29 is 9.53 Å². The Morgan fingerprint density at radius 1 is 1.36 bits per heavy atom. The third-order valence-electron chi connectivity index (χ3n) is 3.55. The first-order valence-electron chi connectivity index (χ1n) is 7.35. The van der Waals surface area contributed by atoms with E-state index >= 15 is 0 Å². The molecule has 0 aromatic carbocycles. The highest BCUT2D eigenvalue weighted by Crippen LogP contribution is 2.26. The SMILES string of the molecule is CC(C)(C)OC(=O)NCC(C)(CN)c1cnn2ccccc12. The van der Waals surface area contributed by atoms with Gasteiger partial charge in [0.2, 0.25) is 0 Å². The van der Waals surface area contributed by atoms with E-state index in [2.05, 4.69) is 10.4 Å². The van der Waals surface area contributed by atoms with Gasteiger partial charge in [-0.05, 0) is 32.9 Å². The fraction of sp³-hybridized carbons (Fsp3) is 0.500. The minimum atomic E-state index is -0.520. The minimum absolute atomic E-state index is 0.384. The second-order valence-corrected chi connectivity index (χ2v) is 6.71. The summed E-state index contributed by atoms with van der Waals surface area (Å²) in [7, 11) is 0. The Balaban J connectivity index is 2.17. The Kier molecular flexibility index (Phi) is 4.42. The van der Waals surface area contributed by atoms with Crippen molar-refractivity contribution in [1.29, 1.82) is 0 Å². The van der Waals surface area contributed by atoms with Crippen LogP contribution in [0, 0.1) is 0 Å². The number of hydrogen-bond donors (Lipinski definition) is 2. The third kappa shape index (κ3) is 3.57. The summed E-state index contributed by atoms with van der Waals surface area (Å²) in [6.45, 7) is 8.28. The van der Waals surface area contributed by atoms with Crippen molar-refractivity contribution in [2.45, 2.75) is 38.7 Å². The van der Waals surface area contributed by atoms with Crippen LogP contribution in [-0.4, -0.2) is 34.4 Å². The lowest BCUT2D eigenvalue weighted by atomic mass is 9.83. The van der Waals surface area contributed by atoms with Gasteiger partial charge in [0.25, 0.3) is 0 Å². The summed E-state index contributed by atoms with van der Waals surface area (Å²) in [4.78, 5) is 11.9. The highest BCUT2D eigenvalue weighted by molar-refractivity contribution is 5.68. The molecule has 1 atom stereocenters. The van der Waals surface area contributed by atoms with Gasteiger partial charge < -0.3 is 15.8 Å². The van der Waals surface area contributed by atoms with Crippen LogP contribution in [0.2, 0.25) is 0 Å². The van der Waals surface area contributed by atoms with E-state index in [9.17, 15) is 4.79 Å². The predicted molar refractivity (Wildman–Crippen MR) is 85.8 cm³/mol. The number of nitrogens with two attached hydrogens (primary N) is 1. The van der Waals surface area contributed by atoms with Crippen LogP contribution in [0.15, 0.2) is 30.6 Å². The van der Waals surface area contributed by atoms with E-state index in [-0.39, 0.29) is 0 Å². The summed E-state index contributed by atoms with van der Waals surface area (Å²) in [5.74, 6) is 0. The van der Waals surface area contributed by atoms with Gasteiger partial charge >= 0.3 is 6.09 Å². The number of amides is 1. The third-order valence-corrected chi connectivity index (χ3v) is 3.55. The molecule has 0 bridgehead atoms. The molecule has 0 radical (unpaired) electrons. The lowest BCUT2D eigenvalue weighted by Gasteiger charge is -2.28. The molecule has 2 aromatic heterocycles. The molecule has 1 amide bonds. The topological polar surface area (TPSA) is 81.6 Å². The molecule has 0 aliphatic rings. The molecule has 1 unspecified atom stereocenters. The van der Waals surface area contributed by atoms with E-state index < -0.39 is 17.1 Å². The summed E-state index contributed by atoms with van der Waals surface area (Å²) in [6.07, 6.45) is 3.25. The van der Waals surface area contributed by atoms with Gasteiger partial charge in [-0.15, -0.1) is 0 Å².